The van der Waals surface area contributed by atoms with E-state index >= 15 is 0 Å². The number of nitrogens with one attached hydrogen (secondary N) is 2. The third-order valence-corrected chi connectivity index (χ3v) is 16.5. The number of aryl methyl sites for hydroxylation is 3. The van der Waals surface area contributed by atoms with Crippen LogP contribution in [0.4, 0.5) is 5.82 Å². The second kappa shape index (κ2) is 20.1. The van der Waals surface area contributed by atoms with Gasteiger partial charge in [-0.2, -0.15) is 5.10 Å². The Balaban J connectivity index is 0.796. The van der Waals surface area contributed by atoms with Crippen LogP contribution in [0.2, 0.25) is 5.02 Å². The van der Waals surface area contributed by atoms with Gasteiger partial charge < -0.3 is 25.5 Å². The van der Waals surface area contributed by atoms with Gasteiger partial charge in [0, 0.05) is 71.1 Å². The molecule has 6 atom stereocenters. The van der Waals surface area contributed by atoms with E-state index in [-0.39, 0.29) is 55.1 Å². The van der Waals surface area contributed by atoms with Crippen molar-refractivity contribution in [3.8, 4) is 26.6 Å². The van der Waals surface area contributed by atoms with Crippen molar-refractivity contribution in [3.05, 3.63) is 134 Å². The maximum atomic E-state index is 14.5. The SMILES string of the molecule is Cc1ncsc1-c1ccc([C@H](C)NC(=O)[C@@H]2C[C@@H](O)CN2C(=O)[C@@H](C(C)C)n2cc(-c3ccnc(N4CC[C@@H](NC(=O)C[C@@H]5N=C(c6ccc(Cl)cc6)c6c(sc(C)c6C)-n6c(C)nnc65)C4)c3)cn2)cc1. The molecule has 3 N–H and O–H groups in total. The summed E-state index contributed by atoms with van der Waals surface area (Å²) in [5, 5.41) is 32.6. The fourth-order valence-electron chi connectivity index (χ4n) is 10.2. The molecule has 3 amide bonds. The first-order valence-electron chi connectivity index (χ1n) is 24.3. The number of aliphatic hydroxyl groups excluding tert-OH is 1. The Morgan fingerprint density at radius 2 is 1.68 bits per heavy atom. The van der Waals surface area contributed by atoms with Crippen molar-refractivity contribution >= 4 is 63.5 Å². The number of rotatable bonds is 13. The number of benzene rings is 2. The number of thiophene rings is 1. The lowest BCUT2D eigenvalue weighted by molar-refractivity contribution is -0.142. The van der Waals surface area contributed by atoms with E-state index in [1.54, 1.807) is 39.7 Å². The first kappa shape index (κ1) is 49.0. The number of fused-ring (bicyclic) bond motifs is 3. The number of hydrogen-bond acceptors (Lipinski definition) is 13. The van der Waals surface area contributed by atoms with Crippen LogP contribution in [0, 0.1) is 33.6 Å². The summed E-state index contributed by atoms with van der Waals surface area (Å²) in [5.41, 5.74) is 10.3. The molecule has 7 aromatic rings. The number of likely N-dealkylation sites (tertiary alicyclic amines) is 1. The Bertz CT molecular complexity index is 3200. The lowest BCUT2D eigenvalue weighted by atomic mass is 9.99. The van der Waals surface area contributed by atoms with Gasteiger partial charge in [-0.05, 0) is 93.5 Å². The van der Waals surface area contributed by atoms with E-state index in [1.165, 1.54) is 9.78 Å². The molecule has 2 saturated heterocycles. The fourth-order valence-corrected chi connectivity index (χ4v) is 12.3. The normalized spacial score (nSPS) is 19.4. The van der Waals surface area contributed by atoms with Crippen LogP contribution in [-0.2, 0) is 14.4 Å². The van der Waals surface area contributed by atoms with Crippen molar-refractivity contribution in [2.45, 2.75) is 104 Å². The van der Waals surface area contributed by atoms with Crippen LogP contribution in [0.25, 0.3) is 26.6 Å². The van der Waals surface area contributed by atoms with Crippen LogP contribution < -0.4 is 15.5 Å². The Morgan fingerprint density at radius 3 is 2.42 bits per heavy atom. The highest BCUT2D eigenvalue weighted by molar-refractivity contribution is 7.15. The lowest BCUT2D eigenvalue weighted by Crippen LogP contribution is -2.49. The van der Waals surface area contributed by atoms with Crippen molar-refractivity contribution < 1.29 is 19.5 Å². The number of halogens is 1. The van der Waals surface area contributed by atoms with E-state index in [1.807, 2.05) is 107 Å². The van der Waals surface area contributed by atoms with Crippen molar-refractivity contribution in [1.82, 2.24) is 50.0 Å². The Morgan fingerprint density at radius 1 is 0.917 bits per heavy atom. The minimum absolute atomic E-state index is 0.0501. The summed E-state index contributed by atoms with van der Waals surface area (Å²) in [6.45, 7) is 15.2. The van der Waals surface area contributed by atoms with Gasteiger partial charge in [0.25, 0.3) is 0 Å². The van der Waals surface area contributed by atoms with E-state index in [9.17, 15) is 19.5 Å². The number of carbonyl (C=O) groups is 3. The Hall–Kier alpha value is -6.60. The molecular weight excluding hydrogens is 968 g/mol. The minimum atomic E-state index is -0.838. The molecule has 0 saturated carbocycles. The number of amides is 3. The Labute approximate surface area is 431 Å². The molecule has 0 spiro atoms. The molecular formula is C53H57ClN12O4S2. The van der Waals surface area contributed by atoms with Crippen LogP contribution in [0.1, 0.15) is 103 Å². The summed E-state index contributed by atoms with van der Waals surface area (Å²) >= 11 is 9.57. The number of aliphatic hydroxyl groups is 1. The minimum Gasteiger partial charge on any atom is -0.391 e. The molecule has 2 aromatic carbocycles. The number of thiazole rings is 1. The standard InChI is InChI=1S/C53H57ClN12O4S2/c1-28(2)48(52(70)64-26-41(67)21-43(64)51(69)58-30(4)34-8-10-36(11-9-34)49-31(5)56-27-71-49)65-24-38(23-57-65)37-16-18-55-44(20-37)63-19-17-40(25-63)59-45(68)22-42-50-62-61-33(7)66(50)53-46(29(3)32(6)72-53)47(60-42)35-12-14-39(54)15-13-35/h8-16,18,20,23-24,27-28,30,40-43,48,67H,17,19,21-22,25-26H2,1-7H3,(H,58,69)(H,59,68)/t30-,40+,41+,42-,43-,48+/m0/s1. The number of pyridine rings is 1. The first-order chi connectivity index (χ1) is 34.6. The van der Waals surface area contributed by atoms with Crippen molar-refractivity contribution in [2.75, 3.05) is 24.5 Å². The molecule has 5 aromatic heterocycles. The number of aromatic nitrogens is 7. The van der Waals surface area contributed by atoms with Gasteiger partial charge in [0.05, 0.1) is 46.6 Å². The summed E-state index contributed by atoms with van der Waals surface area (Å²) in [7, 11) is 0. The third-order valence-electron chi connectivity index (χ3n) is 14.1. The average molecular weight is 1030 g/mol. The van der Waals surface area contributed by atoms with Crippen molar-refractivity contribution in [3.63, 3.8) is 0 Å². The maximum absolute atomic E-state index is 14.5. The van der Waals surface area contributed by atoms with E-state index in [2.05, 4.69) is 49.1 Å². The van der Waals surface area contributed by atoms with Gasteiger partial charge >= 0.3 is 0 Å². The molecule has 2 fully saturated rings. The molecule has 0 unspecified atom stereocenters. The van der Waals surface area contributed by atoms with Crippen LogP contribution in [-0.4, -0.2) is 106 Å². The van der Waals surface area contributed by atoms with E-state index in [0.29, 0.717) is 23.9 Å². The molecule has 8 heterocycles. The highest BCUT2D eigenvalue weighted by Crippen LogP contribution is 2.40. The average Bonchev–Trinajstić information content (AvgIpc) is 4.24. The highest BCUT2D eigenvalue weighted by atomic mass is 35.5. The van der Waals surface area contributed by atoms with E-state index < -0.39 is 24.2 Å². The molecule has 19 heteroatoms. The molecule has 0 bridgehead atoms. The molecule has 16 nitrogen and oxygen atoms in total. The van der Waals surface area contributed by atoms with Crippen molar-refractivity contribution in [1.29, 1.82) is 0 Å². The molecule has 3 aliphatic heterocycles. The summed E-state index contributed by atoms with van der Waals surface area (Å²) in [6.07, 6.45) is 5.47. The molecule has 0 radical (unpaired) electrons. The second-order valence-electron chi connectivity index (χ2n) is 19.4. The zero-order valence-corrected chi connectivity index (χ0v) is 43.6. The molecule has 372 valence electrons. The molecule has 10 rings (SSSR count). The van der Waals surface area contributed by atoms with Gasteiger partial charge in [-0.25, -0.2) is 9.97 Å². The van der Waals surface area contributed by atoms with E-state index in [4.69, 9.17) is 26.7 Å². The first-order valence-corrected chi connectivity index (χ1v) is 26.4. The molecule has 3 aliphatic rings. The topological polar surface area (TPSA) is 189 Å². The highest BCUT2D eigenvalue weighted by Gasteiger charge is 2.43. The van der Waals surface area contributed by atoms with Gasteiger partial charge in [0.15, 0.2) is 5.82 Å². The van der Waals surface area contributed by atoms with E-state index in [0.717, 1.165) is 78.3 Å². The zero-order chi connectivity index (χ0) is 50.5. The Kier molecular flexibility index (Phi) is 13.7. The van der Waals surface area contributed by atoms with Gasteiger partial charge in [0.1, 0.15) is 34.8 Å². The molecule has 72 heavy (non-hydrogen) atoms. The number of nitrogens with zero attached hydrogens (tertiary/aromatic N) is 10. The largest absolute Gasteiger partial charge is 0.391 e. The summed E-state index contributed by atoms with van der Waals surface area (Å²) in [5.74, 6) is 1.22. The number of anilines is 1. The number of β-amino-alcohol motifs (C(OH)–C–C–N with tert-alkyl or cyclic N) is 1. The monoisotopic (exact) mass is 1020 g/mol. The lowest BCUT2D eigenvalue weighted by Gasteiger charge is -2.30. The summed E-state index contributed by atoms with van der Waals surface area (Å²) < 4.78 is 3.72. The number of carbonyl (C=O) groups excluding carboxylic acids is 3. The van der Waals surface area contributed by atoms with Crippen LogP contribution >= 0.6 is 34.3 Å². The third kappa shape index (κ3) is 9.60. The van der Waals surface area contributed by atoms with Gasteiger partial charge in [-0.3, -0.25) is 28.6 Å². The van der Waals surface area contributed by atoms with Crippen molar-refractivity contribution in [2.24, 2.45) is 10.9 Å². The maximum Gasteiger partial charge on any atom is 0.248 e. The quantitative estimate of drug-likeness (QED) is 0.101. The van der Waals surface area contributed by atoms with Crippen LogP contribution in [0.15, 0.2) is 89.8 Å². The summed E-state index contributed by atoms with van der Waals surface area (Å²) in [6, 6.07) is 17.0. The zero-order valence-electron chi connectivity index (χ0n) is 41.2. The van der Waals surface area contributed by atoms with Gasteiger partial charge in [0.2, 0.25) is 17.7 Å². The number of hydrogen-bond donors (Lipinski definition) is 3. The van der Waals surface area contributed by atoms with Gasteiger partial charge in [-0.15, -0.1) is 32.9 Å². The predicted molar refractivity (Wildman–Crippen MR) is 281 cm³/mol. The smallest absolute Gasteiger partial charge is 0.248 e. The predicted octanol–water partition coefficient (Wildman–Crippen LogP) is 8.31. The second-order valence-corrected chi connectivity index (χ2v) is 21.9. The summed E-state index contributed by atoms with van der Waals surface area (Å²) in [4.78, 5) is 62.7. The van der Waals surface area contributed by atoms with Crippen LogP contribution in [0.3, 0.4) is 0 Å². The fraction of sp³-hybridized carbons (Fsp3) is 0.377. The molecule has 0 aliphatic carbocycles. The van der Waals surface area contributed by atoms with Gasteiger partial charge in [-0.1, -0.05) is 61.8 Å². The van der Waals surface area contributed by atoms with Crippen LogP contribution in [0.5, 0.6) is 0 Å². The number of aliphatic imine (C=N–C) groups is 1.